The molecule has 1 aliphatic heterocycles. The average molecular weight is 302 g/mol. The van der Waals surface area contributed by atoms with Crippen LogP contribution in [0.4, 0.5) is 0 Å². The molecule has 2 heterocycles. The number of hydrogen-bond acceptors (Lipinski definition) is 3. The van der Waals surface area contributed by atoms with E-state index in [1.807, 2.05) is 23.9 Å². The molecule has 0 saturated carbocycles. The van der Waals surface area contributed by atoms with Gasteiger partial charge in [0.1, 0.15) is 0 Å². The lowest BCUT2D eigenvalue weighted by molar-refractivity contribution is 0.0288. The highest BCUT2D eigenvalue weighted by molar-refractivity contribution is 9.10. The lowest BCUT2D eigenvalue weighted by atomic mass is 9.89. The predicted octanol–water partition coefficient (Wildman–Crippen LogP) is 3.03. The summed E-state index contributed by atoms with van der Waals surface area (Å²) < 4.78 is 0.981. The fourth-order valence-corrected chi connectivity index (χ4v) is 3.46. The molecule has 1 saturated heterocycles. The molecule has 0 radical (unpaired) electrons. The first-order chi connectivity index (χ1) is 7.60. The van der Waals surface area contributed by atoms with Gasteiger partial charge < -0.3 is 5.11 Å². The minimum absolute atomic E-state index is 0.298. The van der Waals surface area contributed by atoms with Crippen LogP contribution in [0.2, 0.25) is 0 Å². The minimum Gasteiger partial charge on any atom is -0.388 e. The maximum Gasteiger partial charge on any atom is 0.0818 e. The van der Waals surface area contributed by atoms with Gasteiger partial charge >= 0.3 is 0 Å². The predicted molar refractivity (Wildman–Crippen MR) is 71.7 cm³/mol. The van der Waals surface area contributed by atoms with Crippen molar-refractivity contribution in [3.63, 3.8) is 0 Å². The van der Waals surface area contributed by atoms with Crippen LogP contribution in [-0.4, -0.2) is 26.7 Å². The molecule has 1 N–H and O–H groups in total. The van der Waals surface area contributed by atoms with Crippen molar-refractivity contribution in [1.82, 2.24) is 4.98 Å². The molecule has 0 bridgehead atoms. The van der Waals surface area contributed by atoms with Crippen LogP contribution in [0.25, 0.3) is 0 Å². The quantitative estimate of drug-likeness (QED) is 0.911. The van der Waals surface area contributed by atoms with E-state index in [9.17, 15) is 5.11 Å². The first-order valence-electron chi connectivity index (χ1n) is 5.54. The van der Waals surface area contributed by atoms with Gasteiger partial charge in [-0.3, -0.25) is 4.98 Å². The molecular formula is C12H16BrNOS. The molecule has 1 aliphatic rings. The second-order valence-corrected chi connectivity index (χ2v) is 6.73. The van der Waals surface area contributed by atoms with E-state index in [0.29, 0.717) is 11.7 Å². The van der Waals surface area contributed by atoms with Crippen molar-refractivity contribution in [3.8, 4) is 0 Å². The Morgan fingerprint density at radius 2 is 2.44 bits per heavy atom. The van der Waals surface area contributed by atoms with Gasteiger partial charge in [-0.15, -0.1) is 0 Å². The summed E-state index contributed by atoms with van der Waals surface area (Å²) >= 11 is 5.23. The molecule has 16 heavy (non-hydrogen) atoms. The number of hydrogen-bond donors (Lipinski definition) is 1. The Morgan fingerprint density at radius 1 is 1.62 bits per heavy atom. The molecular weight excluding hydrogens is 286 g/mol. The van der Waals surface area contributed by atoms with Crippen LogP contribution in [-0.2, 0) is 6.42 Å². The second-order valence-electron chi connectivity index (χ2n) is 4.36. The fraction of sp³-hybridized carbons (Fsp3) is 0.583. The summed E-state index contributed by atoms with van der Waals surface area (Å²) in [6, 6.07) is 3.96. The number of nitrogens with zero attached hydrogens (tertiary/aromatic N) is 1. The summed E-state index contributed by atoms with van der Waals surface area (Å²) in [6.45, 7) is 2.11. The first kappa shape index (κ1) is 12.4. The SMILES string of the molecule is CC1SCCCC1(O)Cc1ccc(Br)cn1. The lowest BCUT2D eigenvalue weighted by Crippen LogP contribution is -2.43. The first-order valence-corrected chi connectivity index (χ1v) is 7.39. The normalized spacial score (nSPS) is 30.3. The molecule has 1 fully saturated rings. The number of aliphatic hydroxyl groups is 1. The van der Waals surface area contributed by atoms with Crippen molar-refractivity contribution >= 4 is 27.7 Å². The topological polar surface area (TPSA) is 33.1 Å². The van der Waals surface area contributed by atoms with Gasteiger partial charge in [-0.25, -0.2) is 0 Å². The largest absolute Gasteiger partial charge is 0.388 e. The molecule has 0 amide bonds. The number of rotatable bonds is 2. The third-order valence-corrected chi connectivity index (χ3v) is 5.09. The summed E-state index contributed by atoms with van der Waals surface area (Å²) in [5.74, 6) is 1.16. The highest BCUT2D eigenvalue weighted by Crippen LogP contribution is 2.36. The number of halogens is 1. The van der Waals surface area contributed by atoms with E-state index in [4.69, 9.17) is 0 Å². The summed E-state index contributed by atoms with van der Waals surface area (Å²) in [7, 11) is 0. The van der Waals surface area contributed by atoms with Gasteiger partial charge in [-0.1, -0.05) is 6.92 Å². The molecule has 2 nitrogen and oxygen atoms in total. The van der Waals surface area contributed by atoms with Crippen molar-refractivity contribution < 1.29 is 5.11 Å². The molecule has 2 unspecified atom stereocenters. The van der Waals surface area contributed by atoms with Crippen LogP contribution in [0.5, 0.6) is 0 Å². The molecule has 88 valence electrons. The third kappa shape index (κ3) is 2.79. The molecule has 0 aromatic carbocycles. The number of pyridine rings is 1. The summed E-state index contributed by atoms with van der Waals surface area (Å²) in [4.78, 5) is 4.34. The number of aromatic nitrogens is 1. The van der Waals surface area contributed by atoms with Crippen molar-refractivity contribution in [1.29, 1.82) is 0 Å². The highest BCUT2D eigenvalue weighted by atomic mass is 79.9. The van der Waals surface area contributed by atoms with E-state index in [-0.39, 0.29) is 0 Å². The average Bonchev–Trinajstić information content (AvgIpc) is 2.26. The Balaban J connectivity index is 2.10. The van der Waals surface area contributed by atoms with Gasteiger partial charge in [0.2, 0.25) is 0 Å². The van der Waals surface area contributed by atoms with Gasteiger partial charge in [-0.2, -0.15) is 11.8 Å². The molecule has 2 atom stereocenters. The van der Waals surface area contributed by atoms with E-state index < -0.39 is 5.60 Å². The van der Waals surface area contributed by atoms with E-state index in [0.717, 1.165) is 28.8 Å². The Labute approximate surface area is 109 Å². The zero-order chi connectivity index (χ0) is 11.6. The Bertz CT molecular complexity index is 357. The van der Waals surface area contributed by atoms with Gasteiger partial charge in [0.25, 0.3) is 0 Å². The minimum atomic E-state index is -0.580. The van der Waals surface area contributed by atoms with Crippen LogP contribution < -0.4 is 0 Å². The summed E-state index contributed by atoms with van der Waals surface area (Å²) in [5.41, 5.74) is 0.393. The van der Waals surface area contributed by atoms with Crippen molar-refractivity contribution in [3.05, 3.63) is 28.5 Å². The van der Waals surface area contributed by atoms with Crippen LogP contribution in [0, 0.1) is 0 Å². The zero-order valence-corrected chi connectivity index (χ0v) is 11.7. The summed E-state index contributed by atoms with van der Waals surface area (Å²) in [5, 5.41) is 10.9. The van der Waals surface area contributed by atoms with Gasteiger partial charge in [0, 0.05) is 28.0 Å². The Hall–Kier alpha value is -0.0600. The molecule has 1 aromatic rings. The molecule has 2 rings (SSSR count). The van der Waals surface area contributed by atoms with E-state index >= 15 is 0 Å². The molecule has 4 heteroatoms. The van der Waals surface area contributed by atoms with E-state index in [2.05, 4.69) is 27.8 Å². The molecule has 0 spiro atoms. The van der Waals surface area contributed by atoms with Crippen LogP contribution in [0.3, 0.4) is 0 Å². The maximum atomic E-state index is 10.6. The fourth-order valence-electron chi connectivity index (χ4n) is 2.05. The standard InChI is InChI=1S/C12H16BrNOS/c1-9-12(15,5-2-6-16-9)7-11-4-3-10(13)8-14-11/h3-4,8-9,15H,2,5-7H2,1H3. The molecule has 0 aliphatic carbocycles. The lowest BCUT2D eigenvalue weighted by Gasteiger charge is -2.37. The third-order valence-electron chi connectivity index (χ3n) is 3.15. The van der Waals surface area contributed by atoms with Crippen LogP contribution in [0.1, 0.15) is 25.5 Å². The van der Waals surface area contributed by atoms with Gasteiger partial charge in [0.05, 0.1) is 5.60 Å². The van der Waals surface area contributed by atoms with Crippen LogP contribution in [0.15, 0.2) is 22.8 Å². The number of thioether (sulfide) groups is 1. The van der Waals surface area contributed by atoms with Crippen molar-refractivity contribution in [2.45, 2.75) is 37.0 Å². The summed E-state index contributed by atoms with van der Waals surface area (Å²) in [6.07, 6.45) is 4.44. The zero-order valence-electron chi connectivity index (χ0n) is 9.32. The van der Waals surface area contributed by atoms with Crippen LogP contribution >= 0.6 is 27.7 Å². The molecule has 1 aromatic heterocycles. The van der Waals surface area contributed by atoms with Crippen molar-refractivity contribution in [2.24, 2.45) is 0 Å². The van der Waals surface area contributed by atoms with Crippen molar-refractivity contribution in [2.75, 3.05) is 5.75 Å². The van der Waals surface area contributed by atoms with Gasteiger partial charge in [-0.05, 0) is 46.7 Å². The smallest absolute Gasteiger partial charge is 0.0818 e. The Kier molecular flexibility index (Phi) is 3.93. The second kappa shape index (κ2) is 5.07. The monoisotopic (exact) mass is 301 g/mol. The van der Waals surface area contributed by atoms with E-state index in [1.54, 1.807) is 6.20 Å². The van der Waals surface area contributed by atoms with E-state index in [1.165, 1.54) is 0 Å². The van der Waals surface area contributed by atoms with Gasteiger partial charge in [0.15, 0.2) is 0 Å². The maximum absolute atomic E-state index is 10.6. The Morgan fingerprint density at radius 3 is 3.06 bits per heavy atom. The highest BCUT2D eigenvalue weighted by Gasteiger charge is 2.36.